The lowest BCUT2D eigenvalue weighted by molar-refractivity contribution is 0.0582. The quantitative estimate of drug-likeness (QED) is 0.878. The van der Waals surface area contributed by atoms with Crippen LogP contribution in [0.2, 0.25) is 0 Å². The van der Waals surface area contributed by atoms with Crippen LogP contribution in [0, 0.1) is 6.92 Å². The summed E-state index contributed by atoms with van der Waals surface area (Å²) in [5, 5.41) is 3.41. The fourth-order valence-corrected chi connectivity index (χ4v) is 3.12. The summed E-state index contributed by atoms with van der Waals surface area (Å²) in [5.74, 6) is 0.125. The molecule has 1 aromatic heterocycles. The van der Waals surface area contributed by atoms with Crippen LogP contribution in [0.4, 0.5) is 0 Å². The van der Waals surface area contributed by atoms with E-state index < -0.39 is 0 Å². The van der Waals surface area contributed by atoms with Gasteiger partial charge in [-0.3, -0.25) is 14.7 Å². The summed E-state index contributed by atoms with van der Waals surface area (Å²) in [5.41, 5.74) is 1.56. The Labute approximate surface area is 144 Å². The highest BCUT2D eigenvalue weighted by Crippen LogP contribution is 2.15. The van der Waals surface area contributed by atoms with E-state index in [2.05, 4.69) is 15.2 Å². The number of aromatic nitrogens is 1. The molecule has 2 fully saturated rings. The molecule has 1 unspecified atom stereocenters. The number of rotatable bonds is 2. The third-order valence-electron chi connectivity index (χ3n) is 4.39. The number of nitrogens with zero attached hydrogens (tertiary/aromatic N) is 3. The first kappa shape index (κ1) is 19.2. The van der Waals surface area contributed by atoms with Crippen LogP contribution < -0.4 is 5.32 Å². The van der Waals surface area contributed by atoms with Gasteiger partial charge in [-0.1, -0.05) is 0 Å². The lowest BCUT2D eigenvalue weighted by atomic mass is 10.1. The number of hydrogen-bond acceptors (Lipinski definition) is 4. The number of carbonyl (C=O) groups excluding carboxylic acids is 1. The molecule has 22 heavy (non-hydrogen) atoms. The Morgan fingerprint density at radius 3 is 2.59 bits per heavy atom. The van der Waals surface area contributed by atoms with Crippen LogP contribution in [0.1, 0.15) is 22.5 Å². The van der Waals surface area contributed by atoms with Crippen molar-refractivity contribution in [3.63, 3.8) is 0 Å². The van der Waals surface area contributed by atoms with Gasteiger partial charge in [0.25, 0.3) is 5.91 Å². The molecule has 2 aliphatic heterocycles. The summed E-state index contributed by atoms with van der Waals surface area (Å²) in [4.78, 5) is 21.2. The van der Waals surface area contributed by atoms with Gasteiger partial charge >= 0.3 is 0 Å². The molecule has 7 heteroatoms. The van der Waals surface area contributed by atoms with Crippen LogP contribution in [0.25, 0.3) is 0 Å². The van der Waals surface area contributed by atoms with E-state index >= 15 is 0 Å². The normalized spacial score (nSPS) is 21.9. The minimum absolute atomic E-state index is 0. The number of aryl methyl sites for hydroxylation is 1. The zero-order chi connectivity index (χ0) is 13.9. The van der Waals surface area contributed by atoms with E-state index in [1.54, 1.807) is 6.20 Å². The van der Waals surface area contributed by atoms with Crippen molar-refractivity contribution in [2.75, 3.05) is 39.3 Å². The molecule has 2 aliphatic rings. The van der Waals surface area contributed by atoms with E-state index in [-0.39, 0.29) is 30.7 Å². The average molecular weight is 347 g/mol. The monoisotopic (exact) mass is 346 g/mol. The Morgan fingerprint density at radius 1 is 1.27 bits per heavy atom. The number of hydrogen-bond donors (Lipinski definition) is 1. The van der Waals surface area contributed by atoms with Gasteiger partial charge in [0.05, 0.1) is 5.56 Å². The smallest absolute Gasteiger partial charge is 0.255 e. The van der Waals surface area contributed by atoms with Crippen molar-refractivity contribution in [2.45, 2.75) is 19.4 Å². The molecule has 3 rings (SSSR count). The van der Waals surface area contributed by atoms with E-state index in [1.165, 1.54) is 6.42 Å². The van der Waals surface area contributed by atoms with E-state index in [1.807, 2.05) is 24.0 Å². The topological polar surface area (TPSA) is 48.5 Å². The Kier molecular flexibility index (Phi) is 7.56. The zero-order valence-electron chi connectivity index (χ0n) is 12.8. The van der Waals surface area contributed by atoms with Crippen molar-refractivity contribution in [2.24, 2.45) is 0 Å². The van der Waals surface area contributed by atoms with Crippen LogP contribution in [-0.2, 0) is 0 Å². The molecule has 1 atom stereocenters. The standard InChI is InChI=1S/C15H22N4O.2ClH/c1-12-14(3-2-5-17-12)15(20)19-9-7-18(8-10-19)13-4-6-16-11-13;;/h2-3,5,13,16H,4,6-11H2,1H3;2*1H. The van der Waals surface area contributed by atoms with Crippen molar-refractivity contribution in [3.8, 4) is 0 Å². The van der Waals surface area contributed by atoms with Crippen molar-refractivity contribution in [1.29, 1.82) is 0 Å². The van der Waals surface area contributed by atoms with Gasteiger partial charge in [0.1, 0.15) is 0 Å². The fourth-order valence-electron chi connectivity index (χ4n) is 3.12. The molecule has 0 radical (unpaired) electrons. The summed E-state index contributed by atoms with van der Waals surface area (Å²) in [7, 11) is 0. The maximum absolute atomic E-state index is 12.5. The molecule has 1 amide bonds. The van der Waals surface area contributed by atoms with Gasteiger partial charge in [-0.15, -0.1) is 24.8 Å². The lowest BCUT2D eigenvalue weighted by Crippen LogP contribution is -2.52. The van der Waals surface area contributed by atoms with Crippen molar-refractivity contribution in [3.05, 3.63) is 29.6 Å². The van der Waals surface area contributed by atoms with E-state index in [9.17, 15) is 4.79 Å². The van der Waals surface area contributed by atoms with Crippen LogP contribution in [0.5, 0.6) is 0 Å². The van der Waals surface area contributed by atoms with Gasteiger partial charge < -0.3 is 10.2 Å². The number of piperazine rings is 1. The number of nitrogens with one attached hydrogen (secondary N) is 1. The molecule has 0 bridgehead atoms. The molecule has 3 heterocycles. The molecule has 0 saturated carbocycles. The van der Waals surface area contributed by atoms with Gasteiger partial charge in [0.2, 0.25) is 0 Å². The molecule has 1 N–H and O–H groups in total. The summed E-state index contributed by atoms with van der Waals surface area (Å²) < 4.78 is 0. The molecule has 0 aromatic carbocycles. The van der Waals surface area contributed by atoms with E-state index in [0.717, 1.165) is 50.5 Å². The average Bonchev–Trinajstić information content (AvgIpc) is 3.01. The van der Waals surface area contributed by atoms with Crippen LogP contribution in [0.15, 0.2) is 18.3 Å². The predicted molar refractivity (Wildman–Crippen MR) is 92.2 cm³/mol. The highest BCUT2D eigenvalue weighted by atomic mass is 35.5. The number of carbonyl (C=O) groups is 1. The van der Waals surface area contributed by atoms with E-state index in [0.29, 0.717) is 6.04 Å². The van der Waals surface area contributed by atoms with E-state index in [4.69, 9.17) is 0 Å². The molecule has 124 valence electrons. The first-order chi connectivity index (χ1) is 9.75. The SMILES string of the molecule is Cc1ncccc1C(=O)N1CCN(C2CCNC2)CC1.Cl.Cl. The second kappa shape index (κ2) is 8.67. The molecular formula is C15H24Cl2N4O. The predicted octanol–water partition coefficient (Wildman–Crippen LogP) is 1.35. The highest BCUT2D eigenvalue weighted by molar-refractivity contribution is 5.95. The largest absolute Gasteiger partial charge is 0.336 e. The lowest BCUT2D eigenvalue weighted by Gasteiger charge is -2.37. The number of pyridine rings is 1. The Morgan fingerprint density at radius 2 is 2.00 bits per heavy atom. The minimum Gasteiger partial charge on any atom is -0.336 e. The third-order valence-corrected chi connectivity index (χ3v) is 4.39. The minimum atomic E-state index is 0. The summed E-state index contributed by atoms with van der Waals surface area (Å²) >= 11 is 0. The molecule has 0 aliphatic carbocycles. The maximum atomic E-state index is 12.5. The summed E-state index contributed by atoms with van der Waals surface area (Å²) in [6, 6.07) is 4.37. The van der Waals surface area contributed by atoms with Gasteiger partial charge in [0, 0.05) is 50.7 Å². The van der Waals surface area contributed by atoms with Crippen LogP contribution in [-0.4, -0.2) is 66.0 Å². The van der Waals surface area contributed by atoms with Crippen molar-refractivity contribution in [1.82, 2.24) is 20.1 Å². The summed E-state index contributed by atoms with van der Waals surface area (Å²) in [6.07, 6.45) is 2.97. The summed E-state index contributed by atoms with van der Waals surface area (Å²) in [6.45, 7) is 7.73. The Hall–Kier alpha value is -0.880. The first-order valence-corrected chi connectivity index (χ1v) is 7.41. The van der Waals surface area contributed by atoms with Gasteiger partial charge in [-0.25, -0.2) is 0 Å². The molecule has 0 spiro atoms. The zero-order valence-corrected chi connectivity index (χ0v) is 14.5. The second-order valence-electron chi connectivity index (χ2n) is 5.61. The molecule has 1 aromatic rings. The van der Waals surface area contributed by atoms with Crippen molar-refractivity contribution >= 4 is 30.7 Å². The van der Waals surface area contributed by atoms with Crippen LogP contribution in [0.3, 0.4) is 0 Å². The number of amides is 1. The fraction of sp³-hybridized carbons (Fsp3) is 0.600. The second-order valence-corrected chi connectivity index (χ2v) is 5.61. The van der Waals surface area contributed by atoms with Gasteiger partial charge in [0.15, 0.2) is 0 Å². The maximum Gasteiger partial charge on any atom is 0.255 e. The highest BCUT2D eigenvalue weighted by Gasteiger charge is 2.28. The molecule has 2 saturated heterocycles. The van der Waals surface area contributed by atoms with Gasteiger partial charge in [-0.05, 0) is 32.0 Å². The van der Waals surface area contributed by atoms with Crippen LogP contribution >= 0.6 is 24.8 Å². The van der Waals surface area contributed by atoms with Crippen molar-refractivity contribution < 1.29 is 4.79 Å². The molecular weight excluding hydrogens is 323 g/mol. The Balaban J connectivity index is 0.00000121. The first-order valence-electron chi connectivity index (χ1n) is 7.41. The third kappa shape index (κ3) is 4.10. The number of halogens is 2. The molecule has 5 nitrogen and oxygen atoms in total. The Bertz CT molecular complexity index is 486. The van der Waals surface area contributed by atoms with Gasteiger partial charge in [-0.2, -0.15) is 0 Å².